The smallest absolute Gasteiger partial charge is 0.416 e. The number of amides is 1. The summed E-state index contributed by atoms with van der Waals surface area (Å²) in [5.41, 5.74) is -1.89. The molecule has 2 saturated heterocycles. The number of benzene rings is 1. The van der Waals surface area contributed by atoms with Crippen LogP contribution in [0.4, 0.5) is 23.7 Å². The summed E-state index contributed by atoms with van der Waals surface area (Å²) in [5, 5.41) is 54.2. The summed E-state index contributed by atoms with van der Waals surface area (Å²) in [6.07, 6.45) is -9.70. The lowest BCUT2D eigenvalue weighted by atomic mass is 9.89. The minimum absolute atomic E-state index is 0.0251. The number of aromatic nitrogens is 5. The molecule has 0 spiro atoms. The van der Waals surface area contributed by atoms with Gasteiger partial charge in [0.2, 0.25) is 16.3 Å². The number of sulfonamides is 1. The molecule has 2 fully saturated rings. The van der Waals surface area contributed by atoms with Crippen molar-refractivity contribution in [1.29, 1.82) is 5.26 Å². The number of nitriles is 1. The van der Waals surface area contributed by atoms with Crippen molar-refractivity contribution < 1.29 is 61.1 Å². The highest BCUT2D eigenvalue weighted by atomic mass is 32.2. The predicted molar refractivity (Wildman–Crippen MR) is 174 cm³/mol. The lowest BCUT2D eigenvalue weighted by Crippen LogP contribution is -2.64. The van der Waals surface area contributed by atoms with Gasteiger partial charge in [-0.15, -0.1) is 0 Å². The normalized spacial score (nSPS) is 23.3. The van der Waals surface area contributed by atoms with E-state index < -0.39 is 81.4 Å². The maximum atomic E-state index is 13.9. The zero-order valence-electron chi connectivity index (χ0n) is 27.7. The van der Waals surface area contributed by atoms with Gasteiger partial charge >= 0.3 is 18.2 Å². The molecule has 0 saturated carbocycles. The number of halogens is 3. The van der Waals surface area contributed by atoms with Crippen LogP contribution in [-0.4, -0.2) is 126 Å². The first kappa shape index (κ1) is 37.6. The highest BCUT2D eigenvalue weighted by Gasteiger charge is 2.50. The molecule has 4 aromatic rings. The molecule has 0 unspecified atom stereocenters. The van der Waals surface area contributed by atoms with Crippen LogP contribution in [0.3, 0.4) is 0 Å². The fourth-order valence-electron chi connectivity index (χ4n) is 6.11. The minimum atomic E-state index is -4.88. The molecule has 53 heavy (non-hydrogen) atoms. The molecular weight excluding hydrogens is 733 g/mol. The topological polar surface area (TPSA) is 246 Å². The molecule has 0 radical (unpaired) electrons. The minimum Gasteiger partial charge on any atom is -0.479 e. The van der Waals surface area contributed by atoms with E-state index in [9.17, 15) is 56.9 Å². The van der Waals surface area contributed by atoms with Crippen LogP contribution in [0, 0.1) is 11.3 Å². The molecule has 18 nitrogen and oxygen atoms in total. The van der Waals surface area contributed by atoms with Crippen molar-refractivity contribution in [3.05, 3.63) is 54.7 Å². The number of ether oxygens (including phenoxy) is 2. The second-order valence-electron chi connectivity index (χ2n) is 12.4. The first-order valence-electron chi connectivity index (χ1n) is 15.7. The number of aliphatic carboxylic acids is 1. The first-order chi connectivity index (χ1) is 24.9. The van der Waals surface area contributed by atoms with Crippen LogP contribution in [0.1, 0.15) is 18.9 Å². The van der Waals surface area contributed by atoms with E-state index in [-0.39, 0.29) is 30.9 Å². The first-order valence-corrected chi connectivity index (χ1v) is 17.3. The molecule has 1 aromatic carbocycles. The third-order valence-electron chi connectivity index (χ3n) is 9.13. The predicted octanol–water partition coefficient (Wildman–Crippen LogP) is 0.963. The van der Waals surface area contributed by atoms with E-state index in [0.29, 0.717) is 28.8 Å². The van der Waals surface area contributed by atoms with E-state index in [2.05, 4.69) is 21.1 Å². The molecule has 4 N–H and O–H groups in total. The molecular formula is C31H31F3N8O10S. The molecule has 282 valence electrons. The standard InChI is InChI=1S/C31H31F3N8O10S/c1-3-53(49,50)40-13-30(14-40,7-8-35)42-12-16(11-38-42)21-18-6-9-41(26(18)37-15-36-21)29(48)39(2)19-10-17(31(32,33)34)4-5-20(19)51-28-24(45)22(43)23(44)25(52-28)27(46)47/h4-6,9-12,15,22-25,28,43-45H,3,7,13-14H2,1-2H3,(H,46,47)/t22-,23-,24+,25-,28+/m0/s1. The number of alkyl halides is 3. The van der Waals surface area contributed by atoms with Crippen LogP contribution in [0.2, 0.25) is 0 Å². The number of carbonyl (C=O) groups excluding carboxylic acids is 1. The van der Waals surface area contributed by atoms with Crippen LogP contribution in [-0.2, 0) is 31.3 Å². The summed E-state index contributed by atoms with van der Waals surface area (Å²) in [6.45, 7) is 1.58. The van der Waals surface area contributed by atoms with Crippen molar-refractivity contribution in [2.45, 2.75) is 55.8 Å². The Morgan fingerprint density at radius 2 is 1.87 bits per heavy atom. The van der Waals surface area contributed by atoms with Gasteiger partial charge in [0.25, 0.3) is 0 Å². The van der Waals surface area contributed by atoms with Gasteiger partial charge in [0.15, 0.2) is 11.8 Å². The van der Waals surface area contributed by atoms with Crippen LogP contribution in [0.15, 0.2) is 49.2 Å². The van der Waals surface area contributed by atoms with Crippen LogP contribution in [0.5, 0.6) is 5.75 Å². The number of hydrogen-bond acceptors (Lipinski definition) is 13. The Hall–Kier alpha value is -5.18. The number of anilines is 1. The summed E-state index contributed by atoms with van der Waals surface area (Å²) in [5.74, 6) is -2.31. The van der Waals surface area contributed by atoms with Crippen molar-refractivity contribution in [2.75, 3.05) is 30.8 Å². The molecule has 5 atom stereocenters. The van der Waals surface area contributed by atoms with Gasteiger partial charge in [-0.2, -0.15) is 27.8 Å². The van der Waals surface area contributed by atoms with Crippen LogP contribution >= 0.6 is 0 Å². The molecule has 5 heterocycles. The Morgan fingerprint density at radius 3 is 2.51 bits per heavy atom. The summed E-state index contributed by atoms with van der Waals surface area (Å²) in [7, 11) is -2.38. The largest absolute Gasteiger partial charge is 0.479 e. The highest BCUT2D eigenvalue weighted by Crippen LogP contribution is 2.39. The molecule has 2 aliphatic heterocycles. The van der Waals surface area contributed by atoms with E-state index in [0.717, 1.165) is 28.9 Å². The lowest BCUT2D eigenvalue weighted by molar-refractivity contribution is -0.271. The highest BCUT2D eigenvalue weighted by molar-refractivity contribution is 7.89. The van der Waals surface area contributed by atoms with Crippen molar-refractivity contribution in [1.82, 2.24) is 28.6 Å². The zero-order chi connectivity index (χ0) is 38.6. The van der Waals surface area contributed by atoms with Crippen molar-refractivity contribution >= 4 is 38.7 Å². The van der Waals surface area contributed by atoms with Gasteiger partial charge in [0.1, 0.15) is 35.9 Å². The van der Waals surface area contributed by atoms with E-state index in [1.54, 1.807) is 6.20 Å². The number of hydrogen-bond donors (Lipinski definition) is 4. The van der Waals surface area contributed by atoms with Crippen LogP contribution < -0.4 is 9.64 Å². The summed E-state index contributed by atoms with van der Waals surface area (Å²) in [4.78, 5) is 34.8. The molecule has 0 bridgehead atoms. The van der Waals surface area contributed by atoms with Crippen molar-refractivity contribution in [3.63, 3.8) is 0 Å². The number of aliphatic hydroxyl groups is 3. The van der Waals surface area contributed by atoms with Gasteiger partial charge in [-0.1, -0.05) is 0 Å². The number of carboxylic acid groups (broad SMARTS) is 1. The fraction of sp³-hybridized carbons (Fsp3) is 0.419. The Labute approximate surface area is 297 Å². The second-order valence-corrected chi connectivity index (χ2v) is 14.7. The molecule has 2 aliphatic rings. The Balaban J connectivity index is 1.32. The maximum absolute atomic E-state index is 13.9. The SMILES string of the molecule is CCS(=O)(=O)N1CC(CC#N)(n2cc(-c3ncnc4c3ccn4C(=O)N(C)c3cc(C(F)(F)F)ccc3O[C@@H]3O[C@H](C(=O)O)[C@@H](O)[C@H](O)[C@H]3O)cn2)C1. The van der Waals surface area contributed by atoms with Gasteiger partial charge in [0, 0.05) is 43.5 Å². The quantitative estimate of drug-likeness (QED) is 0.186. The number of carboxylic acids is 1. The summed E-state index contributed by atoms with van der Waals surface area (Å²) < 4.78 is 80.7. The van der Waals surface area contributed by atoms with E-state index >= 15 is 0 Å². The number of nitrogens with zero attached hydrogens (tertiary/aromatic N) is 8. The summed E-state index contributed by atoms with van der Waals surface area (Å²) >= 11 is 0. The van der Waals surface area contributed by atoms with Crippen LogP contribution in [0.25, 0.3) is 22.3 Å². The fourth-order valence-corrected chi connectivity index (χ4v) is 7.35. The molecule has 3 aromatic heterocycles. The average molecular weight is 765 g/mol. The van der Waals surface area contributed by atoms with Gasteiger partial charge in [-0.3, -0.25) is 14.1 Å². The average Bonchev–Trinajstić information content (AvgIpc) is 3.77. The molecule has 6 rings (SSSR count). The van der Waals surface area contributed by atoms with Crippen molar-refractivity contribution in [3.8, 4) is 23.1 Å². The number of fused-ring (bicyclic) bond motifs is 1. The molecule has 1 amide bonds. The van der Waals surface area contributed by atoms with Gasteiger partial charge in [0.05, 0.1) is 41.4 Å². The zero-order valence-corrected chi connectivity index (χ0v) is 28.5. The Bertz CT molecular complexity index is 2220. The van der Waals surface area contributed by atoms with Gasteiger partial charge in [-0.25, -0.2) is 28.0 Å². The second kappa shape index (κ2) is 13.7. The third kappa shape index (κ3) is 6.66. The Kier molecular flexibility index (Phi) is 9.69. The van der Waals surface area contributed by atoms with Crippen molar-refractivity contribution in [2.24, 2.45) is 0 Å². The Morgan fingerprint density at radius 1 is 1.15 bits per heavy atom. The lowest BCUT2D eigenvalue weighted by Gasteiger charge is -2.47. The molecule has 0 aliphatic carbocycles. The summed E-state index contributed by atoms with van der Waals surface area (Å²) in [6, 6.07) is 4.61. The van der Waals surface area contributed by atoms with Gasteiger partial charge in [-0.05, 0) is 31.2 Å². The third-order valence-corrected chi connectivity index (χ3v) is 10.9. The number of carbonyl (C=O) groups is 2. The number of aliphatic hydroxyl groups excluding tert-OH is 3. The van der Waals surface area contributed by atoms with E-state index in [4.69, 9.17) is 9.47 Å². The monoisotopic (exact) mass is 764 g/mol. The van der Waals surface area contributed by atoms with E-state index in [1.165, 1.54) is 34.4 Å². The van der Waals surface area contributed by atoms with Gasteiger partial charge < -0.3 is 29.9 Å². The van der Waals surface area contributed by atoms with E-state index in [1.807, 2.05) is 0 Å². The molecule has 22 heteroatoms. The number of rotatable bonds is 9. The maximum Gasteiger partial charge on any atom is 0.416 e.